The fourth-order valence-electron chi connectivity index (χ4n) is 3.93. The Bertz CT molecular complexity index is 1180. The van der Waals surface area contributed by atoms with Crippen molar-refractivity contribution < 1.29 is 9.53 Å². The van der Waals surface area contributed by atoms with Crippen molar-refractivity contribution >= 4 is 16.8 Å². The zero-order valence-corrected chi connectivity index (χ0v) is 19.1. The van der Waals surface area contributed by atoms with E-state index in [1.54, 1.807) is 18.5 Å². The van der Waals surface area contributed by atoms with Gasteiger partial charge >= 0.3 is 6.01 Å². The molecule has 1 amide bonds. The maximum atomic E-state index is 12.5. The van der Waals surface area contributed by atoms with E-state index in [0.717, 1.165) is 47.8 Å². The van der Waals surface area contributed by atoms with Crippen molar-refractivity contribution in [2.45, 2.75) is 46.1 Å². The molecule has 4 aromatic rings. The highest BCUT2D eigenvalue weighted by atomic mass is 16.5. The maximum Gasteiger partial charge on any atom is 0.321 e. The van der Waals surface area contributed by atoms with Crippen LogP contribution in [-0.2, 0) is 11.3 Å². The molecule has 0 unspecified atom stereocenters. The van der Waals surface area contributed by atoms with Gasteiger partial charge in [0.15, 0.2) is 0 Å². The zero-order valence-electron chi connectivity index (χ0n) is 19.1. The van der Waals surface area contributed by atoms with Crippen LogP contribution in [-0.4, -0.2) is 25.7 Å². The van der Waals surface area contributed by atoms with E-state index in [4.69, 9.17) is 4.74 Å². The first-order valence-corrected chi connectivity index (χ1v) is 11.5. The quantitative estimate of drug-likeness (QED) is 0.353. The maximum absolute atomic E-state index is 12.5. The molecule has 1 N–H and O–H groups in total. The first-order valence-electron chi connectivity index (χ1n) is 11.5. The second-order valence-electron chi connectivity index (χ2n) is 8.07. The summed E-state index contributed by atoms with van der Waals surface area (Å²) in [7, 11) is 0. The van der Waals surface area contributed by atoms with Crippen molar-refractivity contribution in [3.8, 4) is 17.4 Å². The normalized spacial score (nSPS) is 11.1. The third-order valence-corrected chi connectivity index (χ3v) is 5.58. The van der Waals surface area contributed by atoms with Crippen LogP contribution in [0.5, 0.6) is 11.8 Å². The molecule has 0 aliphatic carbocycles. The molecule has 4 rings (SSSR count). The van der Waals surface area contributed by atoms with Gasteiger partial charge in [-0.3, -0.25) is 4.79 Å². The number of aromatic nitrogens is 4. The van der Waals surface area contributed by atoms with Crippen LogP contribution in [0.3, 0.4) is 0 Å². The van der Waals surface area contributed by atoms with Gasteiger partial charge in [0.05, 0.1) is 17.4 Å². The second kappa shape index (κ2) is 10.7. The third kappa shape index (κ3) is 5.55. The van der Waals surface area contributed by atoms with E-state index >= 15 is 0 Å². The Hall–Kier alpha value is -3.74. The van der Waals surface area contributed by atoms with Crippen molar-refractivity contribution in [2.75, 3.05) is 0 Å². The monoisotopic (exact) mass is 443 g/mol. The standard InChI is InChI=1S/C26H29N5O2/c1-3-6-20(7-4-2)25(32)29-17-19-8-13-24-21(16-19)18-30-31(24)22-9-11-23(12-10-22)33-26-27-14-5-15-28-26/h5,8-16,18,20H,3-4,6-7,17H2,1-2H3,(H,29,32). The van der Waals surface area contributed by atoms with E-state index in [2.05, 4.69) is 40.3 Å². The van der Waals surface area contributed by atoms with Gasteiger partial charge in [0.2, 0.25) is 5.91 Å². The molecule has 0 bridgehead atoms. The largest absolute Gasteiger partial charge is 0.424 e. The number of hydrogen-bond acceptors (Lipinski definition) is 5. The fourth-order valence-corrected chi connectivity index (χ4v) is 3.93. The van der Waals surface area contributed by atoms with Crippen LogP contribution in [0.2, 0.25) is 0 Å². The van der Waals surface area contributed by atoms with Gasteiger partial charge in [-0.1, -0.05) is 32.8 Å². The van der Waals surface area contributed by atoms with E-state index in [0.29, 0.717) is 18.3 Å². The molecule has 7 nitrogen and oxygen atoms in total. The summed E-state index contributed by atoms with van der Waals surface area (Å²) in [6.45, 7) is 4.77. The molecule has 0 saturated carbocycles. The lowest BCUT2D eigenvalue weighted by Crippen LogP contribution is -2.30. The number of benzene rings is 2. The first-order chi connectivity index (χ1) is 16.2. The summed E-state index contributed by atoms with van der Waals surface area (Å²) in [6.07, 6.45) is 9.05. The Morgan fingerprint density at radius 2 is 1.76 bits per heavy atom. The summed E-state index contributed by atoms with van der Waals surface area (Å²) in [5, 5.41) is 8.69. The average Bonchev–Trinajstić information content (AvgIpc) is 3.27. The highest BCUT2D eigenvalue weighted by molar-refractivity contribution is 5.82. The number of nitrogens with zero attached hydrogens (tertiary/aromatic N) is 4. The Labute approximate surface area is 193 Å². The highest BCUT2D eigenvalue weighted by Crippen LogP contribution is 2.23. The number of rotatable bonds is 10. The predicted octanol–water partition coefficient (Wildman–Crippen LogP) is 5.44. The summed E-state index contributed by atoms with van der Waals surface area (Å²) in [6, 6.07) is 15.8. The predicted molar refractivity (Wildman–Crippen MR) is 128 cm³/mol. The van der Waals surface area contributed by atoms with Crippen molar-refractivity contribution in [2.24, 2.45) is 5.92 Å². The molecule has 2 aromatic heterocycles. The van der Waals surface area contributed by atoms with E-state index < -0.39 is 0 Å². The lowest BCUT2D eigenvalue weighted by molar-refractivity contribution is -0.125. The molecule has 0 aliphatic rings. The van der Waals surface area contributed by atoms with Crippen molar-refractivity contribution in [3.05, 3.63) is 72.7 Å². The number of nitrogens with one attached hydrogen (secondary N) is 1. The van der Waals surface area contributed by atoms with Crippen LogP contribution in [0.4, 0.5) is 0 Å². The number of amides is 1. The summed E-state index contributed by atoms with van der Waals surface area (Å²) in [5.74, 6) is 0.911. The molecule has 2 aromatic carbocycles. The van der Waals surface area contributed by atoms with E-state index in [-0.39, 0.29) is 11.8 Å². The van der Waals surface area contributed by atoms with E-state index in [1.807, 2.05) is 47.3 Å². The average molecular weight is 444 g/mol. The summed E-state index contributed by atoms with van der Waals surface area (Å²) in [4.78, 5) is 20.7. The van der Waals surface area contributed by atoms with Gasteiger partial charge in [-0.15, -0.1) is 0 Å². The van der Waals surface area contributed by atoms with Crippen LogP contribution in [0, 0.1) is 5.92 Å². The molecular formula is C26H29N5O2. The van der Waals surface area contributed by atoms with Crippen molar-refractivity contribution in [1.82, 2.24) is 25.1 Å². The highest BCUT2D eigenvalue weighted by Gasteiger charge is 2.16. The molecular weight excluding hydrogens is 414 g/mol. The van der Waals surface area contributed by atoms with Gasteiger partial charge in [-0.25, -0.2) is 14.6 Å². The minimum absolute atomic E-state index is 0.104. The third-order valence-electron chi connectivity index (χ3n) is 5.58. The van der Waals surface area contributed by atoms with Gasteiger partial charge in [0.25, 0.3) is 0 Å². The molecule has 170 valence electrons. The molecule has 0 saturated heterocycles. The number of hydrogen-bond donors (Lipinski definition) is 1. The Morgan fingerprint density at radius 1 is 1.03 bits per heavy atom. The zero-order chi connectivity index (χ0) is 23.0. The lowest BCUT2D eigenvalue weighted by Gasteiger charge is -2.15. The number of fused-ring (bicyclic) bond motifs is 1. The molecule has 0 aliphatic heterocycles. The molecule has 0 spiro atoms. The Morgan fingerprint density at radius 3 is 2.45 bits per heavy atom. The van der Waals surface area contributed by atoms with Gasteiger partial charge in [-0.2, -0.15) is 5.10 Å². The number of ether oxygens (including phenoxy) is 1. The molecule has 2 heterocycles. The summed E-state index contributed by atoms with van der Waals surface area (Å²) in [5.41, 5.74) is 2.99. The van der Waals surface area contributed by atoms with Crippen LogP contribution >= 0.6 is 0 Å². The molecule has 0 fully saturated rings. The van der Waals surface area contributed by atoms with E-state index in [9.17, 15) is 4.79 Å². The minimum Gasteiger partial charge on any atom is -0.424 e. The van der Waals surface area contributed by atoms with Crippen LogP contribution < -0.4 is 10.1 Å². The van der Waals surface area contributed by atoms with Crippen LogP contribution in [0.25, 0.3) is 16.6 Å². The first kappa shape index (κ1) is 22.5. The number of carbonyl (C=O) groups is 1. The van der Waals surface area contributed by atoms with Crippen LogP contribution in [0.1, 0.15) is 45.1 Å². The smallest absolute Gasteiger partial charge is 0.321 e. The minimum atomic E-state index is 0.104. The van der Waals surface area contributed by atoms with Crippen molar-refractivity contribution in [1.29, 1.82) is 0 Å². The Kier molecular flexibility index (Phi) is 7.29. The molecule has 33 heavy (non-hydrogen) atoms. The van der Waals surface area contributed by atoms with Crippen molar-refractivity contribution in [3.63, 3.8) is 0 Å². The molecule has 0 radical (unpaired) electrons. The van der Waals surface area contributed by atoms with Gasteiger partial charge in [0, 0.05) is 30.2 Å². The second-order valence-corrected chi connectivity index (χ2v) is 8.07. The summed E-state index contributed by atoms with van der Waals surface area (Å²) < 4.78 is 7.55. The van der Waals surface area contributed by atoms with Gasteiger partial charge in [0.1, 0.15) is 5.75 Å². The van der Waals surface area contributed by atoms with Crippen LogP contribution in [0.15, 0.2) is 67.1 Å². The van der Waals surface area contributed by atoms with E-state index in [1.165, 1.54) is 0 Å². The molecule has 7 heteroatoms. The fraction of sp³-hybridized carbons (Fsp3) is 0.308. The Balaban J connectivity index is 1.44. The topological polar surface area (TPSA) is 81.9 Å². The summed E-state index contributed by atoms with van der Waals surface area (Å²) >= 11 is 0. The van der Waals surface area contributed by atoms with Gasteiger partial charge < -0.3 is 10.1 Å². The van der Waals surface area contributed by atoms with Gasteiger partial charge in [-0.05, 0) is 60.9 Å². The SMILES string of the molecule is CCCC(CCC)C(=O)NCc1ccc2c(cnn2-c2ccc(Oc3ncccn3)cc2)c1. The molecule has 0 atom stereocenters. The lowest BCUT2D eigenvalue weighted by atomic mass is 9.97. The number of carbonyl (C=O) groups excluding carboxylic acids is 1.